The van der Waals surface area contributed by atoms with Crippen molar-refractivity contribution in [2.45, 2.75) is 128 Å². The van der Waals surface area contributed by atoms with Gasteiger partial charge in [0.15, 0.2) is 0 Å². The molecule has 3 fully saturated rings. The number of amides is 2. The predicted molar refractivity (Wildman–Crippen MR) is 165 cm³/mol. The number of ketones is 1. The van der Waals surface area contributed by atoms with Gasteiger partial charge in [0.2, 0.25) is 11.7 Å². The molecular formula is C33H57N3O8. The lowest BCUT2D eigenvalue weighted by atomic mass is 9.75. The van der Waals surface area contributed by atoms with Crippen LogP contribution in [0.4, 0.5) is 0 Å². The molecule has 0 aromatic heterocycles. The Bertz CT molecular complexity index is 979. The van der Waals surface area contributed by atoms with Gasteiger partial charge < -0.3 is 34.9 Å². The number of likely N-dealkylation sites (tertiary alicyclic amines) is 1. The zero-order chi connectivity index (χ0) is 32.4. The Morgan fingerprint density at radius 3 is 2.48 bits per heavy atom. The van der Waals surface area contributed by atoms with Crippen LogP contribution < -0.4 is 10.6 Å². The van der Waals surface area contributed by atoms with Crippen LogP contribution >= 0.6 is 0 Å². The largest absolute Gasteiger partial charge is 0.460 e. The highest BCUT2D eigenvalue weighted by atomic mass is 16.6. The van der Waals surface area contributed by atoms with E-state index in [1.807, 2.05) is 20.9 Å². The molecular weight excluding hydrogens is 566 g/mol. The highest BCUT2D eigenvalue weighted by Crippen LogP contribution is 2.37. The summed E-state index contributed by atoms with van der Waals surface area (Å²) in [4.78, 5) is 54.9. The fourth-order valence-corrected chi connectivity index (χ4v) is 7.22. The quantitative estimate of drug-likeness (QED) is 0.151. The van der Waals surface area contributed by atoms with Gasteiger partial charge in [-0.15, -0.1) is 0 Å². The molecule has 252 valence electrons. The molecule has 0 spiro atoms. The molecule has 3 N–H and O–H groups in total. The van der Waals surface area contributed by atoms with Crippen LogP contribution in [-0.4, -0.2) is 97.5 Å². The summed E-state index contributed by atoms with van der Waals surface area (Å²) in [5.41, 5.74) is 0. The smallest absolute Gasteiger partial charge is 0.329 e. The second-order valence-corrected chi connectivity index (χ2v) is 13.4. The number of methoxy groups -OCH3 is 1. The Kier molecular flexibility index (Phi) is 14.1. The number of carbonyl (C=O) groups excluding carboxylic acids is 4. The molecule has 0 radical (unpaired) electrons. The molecule has 3 rings (SSSR count). The van der Waals surface area contributed by atoms with E-state index >= 15 is 0 Å². The van der Waals surface area contributed by atoms with Gasteiger partial charge in [0.05, 0.1) is 18.6 Å². The Hall–Kier alpha value is -2.08. The van der Waals surface area contributed by atoms with Gasteiger partial charge in [-0.05, 0) is 89.0 Å². The first-order chi connectivity index (χ1) is 20.9. The van der Waals surface area contributed by atoms with Gasteiger partial charge >= 0.3 is 5.97 Å². The van der Waals surface area contributed by atoms with Crippen LogP contribution in [0.3, 0.4) is 0 Å². The van der Waals surface area contributed by atoms with Crippen molar-refractivity contribution in [3.05, 3.63) is 0 Å². The number of carbonyl (C=O) groups is 4. The van der Waals surface area contributed by atoms with Crippen LogP contribution in [0.2, 0.25) is 0 Å². The zero-order valence-corrected chi connectivity index (χ0v) is 27.8. The maximum Gasteiger partial charge on any atom is 0.329 e. The minimum Gasteiger partial charge on any atom is -0.460 e. The van der Waals surface area contributed by atoms with Crippen molar-refractivity contribution in [2.75, 3.05) is 33.8 Å². The molecule has 1 aliphatic carbocycles. The van der Waals surface area contributed by atoms with Crippen molar-refractivity contribution >= 4 is 23.6 Å². The molecule has 0 aromatic rings. The number of nitrogens with one attached hydrogen (secondary N) is 2. The Morgan fingerprint density at radius 1 is 1.07 bits per heavy atom. The van der Waals surface area contributed by atoms with E-state index in [4.69, 9.17) is 14.2 Å². The number of rotatable bonds is 14. The van der Waals surface area contributed by atoms with Crippen LogP contribution in [0.1, 0.15) is 98.3 Å². The number of ether oxygens (including phenoxy) is 3. The van der Waals surface area contributed by atoms with Crippen molar-refractivity contribution in [3.8, 4) is 0 Å². The average Bonchev–Trinajstić information content (AvgIpc) is 3.01. The lowest BCUT2D eigenvalue weighted by Gasteiger charge is -2.42. The molecule has 0 bridgehead atoms. The number of Topliss-reactive ketones (excluding diaryl/α,β-unsaturated/α-hetero) is 1. The first kappa shape index (κ1) is 36.4. The van der Waals surface area contributed by atoms with Gasteiger partial charge in [-0.1, -0.05) is 27.7 Å². The standard InChI is InChI=1S/C33H57N3O8/c1-7-25-13-11-23(4)33(41,44-25)30(38)31(39)36-17-9-8-10-26(36)32(40)43-28(20-29(37)35-16-15-34-5)22(3)19-24-12-14-27(42-6)21(2)18-24/h21-28,34,41H,7-20H2,1-6H3,(H,35,37)/t21-,22-,23-,24-,25-,26+,27-,28+,33-/m1/s1. The minimum absolute atomic E-state index is 0.0166. The molecule has 0 unspecified atom stereocenters. The number of piperidine rings is 1. The van der Waals surface area contributed by atoms with E-state index in [2.05, 4.69) is 17.6 Å². The third kappa shape index (κ3) is 9.23. The number of hydrogen-bond acceptors (Lipinski definition) is 9. The second kappa shape index (κ2) is 17.0. The summed E-state index contributed by atoms with van der Waals surface area (Å²) in [5.74, 6) is -4.78. The number of hydrogen-bond donors (Lipinski definition) is 3. The van der Waals surface area contributed by atoms with E-state index in [1.54, 1.807) is 14.0 Å². The molecule has 9 atom stereocenters. The van der Waals surface area contributed by atoms with Crippen LogP contribution in [0.25, 0.3) is 0 Å². The van der Waals surface area contributed by atoms with E-state index in [-0.39, 0.29) is 37.0 Å². The summed E-state index contributed by atoms with van der Waals surface area (Å²) >= 11 is 0. The first-order valence-electron chi connectivity index (χ1n) is 16.8. The van der Waals surface area contributed by atoms with Crippen molar-refractivity contribution in [1.82, 2.24) is 15.5 Å². The lowest BCUT2D eigenvalue weighted by molar-refractivity contribution is -0.263. The van der Waals surface area contributed by atoms with Crippen molar-refractivity contribution in [3.63, 3.8) is 0 Å². The summed E-state index contributed by atoms with van der Waals surface area (Å²) in [6.45, 7) is 9.11. The maximum absolute atomic E-state index is 13.8. The van der Waals surface area contributed by atoms with E-state index in [9.17, 15) is 24.3 Å². The number of aliphatic hydroxyl groups is 1. The van der Waals surface area contributed by atoms with Crippen molar-refractivity contribution in [2.24, 2.45) is 23.7 Å². The van der Waals surface area contributed by atoms with Gasteiger partial charge in [0, 0.05) is 32.7 Å². The Morgan fingerprint density at radius 2 is 1.82 bits per heavy atom. The maximum atomic E-state index is 13.8. The Labute approximate surface area is 263 Å². The van der Waals surface area contributed by atoms with E-state index < -0.39 is 41.5 Å². The van der Waals surface area contributed by atoms with Crippen LogP contribution in [0.15, 0.2) is 0 Å². The van der Waals surface area contributed by atoms with Gasteiger partial charge in [-0.3, -0.25) is 14.4 Å². The van der Waals surface area contributed by atoms with Crippen LogP contribution in [0.5, 0.6) is 0 Å². The predicted octanol–water partition coefficient (Wildman–Crippen LogP) is 2.97. The summed E-state index contributed by atoms with van der Waals surface area (Å²) in [7, 11) is 3.56. The molecule has 2 amide bonds. The van der Waals surface area contributed by atoms with Gasteiger partial charge in [0.25, 0.3) is 11.7 Å². The molecule has 2 heterocycles. The SMILES string of the molecule is CC[C@@H]1CC[C@@H](C)[C@](O)(C(=O)C(=O)N2CCCC[C@H]2C(=O)O[C@@H](CC(=O)NCCNC)[C@H](C)C[C@@H]2CC[C@@H](OC)[C@H](C)C2)O1. The monoisotopic (exact) mass is 623 g/mol. The molecule has 1 saturated carbocycles. The first-order valence-corrected chi connectivity index (χ1v) is 16.8. The summed E-state index contributed by atoms with van der Waals surface area (Å²) in [6.07, 6.45) is 6.61. The van der Waals surface area contributed by atoms with Crippen LogP contribution in [-0.2, 0) is 33.4 Å². The number of esters is 1. The average molecular weight is 624 g/mol. The fraction of sp³-hybridized carbons (Fsp3) is 0.879. The molecule has 11 nitrogen and oxygen atoms in total. The van der Waals surface area contributed by atoms with E-state index in [0.29, 0.717) is 63.5 Å². The van der Waals surface area contributed by atoms with E-state index in [1.165, 1.54) is 4.90 Å². The third-order valence-corrected chi connectivity index (χ3v) is 10.1. The molecule has 2 aliphatic heterocycles. The lowest BCUT2D eigenvalue weighted by Crippen LogP contribution is -2.60. The van der Waals surface area contributed by atoms with Gasteiger partial charge in [0.1, 0.15) is 12.1 Å². The minimum atomic E-state index is -2.22. The van der Waals surface area contributed by atoms with Gasteiger partial charge in [-0.25, -0.2) is 4.79 Å². The second-order valence-electron chi connectivity index (χ2n) is 13.4. The third-order valence-electron chi connectivity index (χ3n) is 10.1. The molecule has 0 aromatic carbocycles. The molecule has 3 aliphatic rings. The number of likely N-dealkylation sites (N-methyl/N-ethyl adjacent to an activating group) is 1. The Balaban J connectivity index is 1.74. The fourth-order valence-electron chi connectivity index (χ4n) is 7.22. The van der Waals surface area contributed by atoms with Crippen molar-refractivity contribution in [1.29, 1.82) is 0 Å². The summed E-state index contributed by atoms with van der Waals surface area (Å²) in [5, 5.41) is 17.1. The normalized spacial score (nSPS) is 32.4. The van der Waals surface area contributed by atoms with Crippen molar-refractivity contribution < 1.29 is 38.5 Å². The highest BCUT2D eigenvalue weighted by molar-refractivity contribution is 6.39. The topological polar surface area (TPSA) is 144 Å². The molecule has 44 heavy (non-hydrogen) atoms. The molecule has 2 saturated heterocycles. The summed E-state index contributed by atoms with van der Waals surface area (Å²) in [6, 6.07) is -0.969. The van der Waals surface area contributed by atoms with Gasteiger partial charge in [-0.2, -0.15) is 0 Å². The van der Waals surface area contributed by atoms with Crippen LogP contribution in [0, 0.1) is 23.7 Å². The number of nitrogens with zero attached hydrogens (tertiary/aromatic N) is 1. The van der Waals surface area contributed by atoms with E-state index in [0.717, 1.165) is 25.7 Å². The summed E-state index contributed by atoms with van der Waals surface area (Å²) < 4.78 is 17.5. The highest BCUT2D eigenvalue weighted by Gasteiger charge is 2.52. The zero-order valence-electron chi connectivity index (χ0n) is 27.8. The molecule has 11 heteroatoms.